The van der Waals surface area contributed by atoms with Gasteiger partial charge in [-0.05, 0) is 0 Å². The molecule has 0 unspecified atom stereocenters. The summed E-state index contributed by atoms with van der Waals surface area (Å²) in [5.74, 6) is 0. The molecule has 0 nitrogen and oxygen atoms in total. The molecule has 0 N–H and O–H groups in total. The van der Waals surface area contributed by atoms with Crippen LogP contribution in [0.25, 0.3) is 0 Å². The Labute approximate surface area is 54.8 Å². The summed E-state index contributed by atoms with van der Waals surface area (Å²) in [7, 11) is 0. The second-order valence-corrected chi connectivity index (χ2v) is 0. The molecule has 0 bridgehead atoms. The van der Waals surface area contributed by atoms with Gasteiger partial charge >= 0.3 is 1.43 Å². The predicted octanol–water partition coefficient (Wildman–Crippen LogP) is 0.647. The van der Waals surface area contributed by atoms with Crippen molar-refractivity contribution in [3.05, 3.63) is 0 Å². The molecule has 0 saturated carbocycles. The van der Waals surface area contributed by atoms with Crippen LogP contribution in [0.4, 0.5) is 28.2 Å². The second kappa shape index (κ2) is 1180. The van der Waals surface area contributed by atoms with Crippen LogP contribution >= 0.6 is 0 Å². The summed E-state index contributed by atoms with van der Waals surface area (Å²) < 4.78 is 0. The Morgan fingerprint density at radius 3 is 0.429 bits per heavy atom. The molecule has 0 aromatic rings. The SMILES string of the molecule is F.F.F.F.F.F.[2H+].[Sb]. The minimum atomic E-state index is 0. The molecule has 0 aromatic heterocycles. The first kappa shape index (κ1) is 1910. The first-order chi connectivity index (χ1) is 0. The van der Waals surface area contributed by atoms with Crippen LogP contribution in [-0.2, 0) is 0 Å². The second-order valence-electron chi connectivity index (χ2n) is 0. The molecule has 0 heterocycles. The van der Waals surface area contributed by atoms with Gasteiger partial charge in [-0.1, -0.05) is 0 Å². The third-order valence-corrected chi connectivity index (χ3v) is 0. The van der Waals surface area contributed by atoms with E-state index < -0.39 is 0 Å². The van der Waals surface area contributed by atoms with E-state index in [2.05, 4.69) is 0 Å². The molecule has 0 fully saturated rings. The molecule has 53 valence electrons. The van der Waals surface area contributed by atoms with E-state index in [1.165, 1.54) is 0 Å². The summed E-state index contributed by atoms with van der Waals surface area (Å²) in [5, 5.41) is 0. The fraction of sp³-hybridized carbons (Fsp3) is 0. The van der Waals surface area contributed by atoms with E-state index >= 15 is 0 Å². The van der Waals surface area contributed by atoms with E-state index in [1.54, 1.807) is 0 Å². The first-order valence-electron chi connectivity index (χ1n) is 0. The summed E-state index contributed by atoms with van der Waals surface area (Å²) in [4.78, 5) is 0. The minimum absolute atomic E-state index is 0. The van der Waals surface area contributed by atoms with Crippen molar-refractivity contribution in [3.63, 3.8) is 0 Å². The fourth-order valence-electron chi connectivity index (χ4n) is 0. The Morgan fingerprint density at radius 1 is 0.429 bits per heavy atom. The number of halogens is 6. The Kier molecular flexibility index (Phi) is 321000. The molecule has 0 rings (SSSR count). The molecule has 3 radical (unpaired) electrons. The standard InChI is InChI=1S/6FH.Sb/h6*1H;/p+1/i/hD. The van der Waals surface area contributed by atoms with Crippen LogP contribution in [0.15, 0.2) is 0 Å². The fourth-order valence-corrected chi connectivity index (χ4v) is 0. The third-order valence-electron chi connectivity index (χ3n) is 0. The van der Waals surface area contributed by atoms with Crippen LogP contribution in [0, 0.1) is 0 Å². The average molecular weight is 244 g/mol. The van der Waals surface area contributed by atoms with Crippen LogP contribution < -0.4 is 0 Å². The van der Waals surface area contributed by atoms with E-state index in [1.807, 2.05) is 0 Å². The van der Waals surface area contributed by atoms with Crippen LogP contribution in [0.5, 0.6) is 0 Å². The van der Waals surface area contributed by atoms with Gasteiger partial charge in [-0.25, -0.2) is 0 Å². The zero-order valence-electron chi connectivity index (χ0n) is 3.90. The predicted molar refractivity (Wildman–Crippen MR) is 21.9 cm³/mol. The molecule has 7 heavy (non-hydrogen) atoms. The van der Waals surface area contributed by atoms with Crippen molar-refractivity contribution in [1.29, 1.82) is 0 Å². The Hall–Kier alpha value is 0.398. The normalized spacial score (nSPS) is 0. The summed E-state index contributed by atoms with van der Waals surface area (Å²) in [6, 6.07) is 0. The smallest absolute Gasteiger partial charge is 0.269 e. The maximum atomic E-state index is 0. The van der Waals surface area contributed by atoms with Gasteiger partial charge in [0.15, 0.2) is 0 Å². The Morgan fingerprint density at radius 2 is 0.429 bits per heavy atom. The minimum Gasteiger partial charge on any atom is -0.269 e. The summed E-state index contributed by atoms with van der Waals surface area (Å²) in [6.07, 6.45) is 0. The van der Waals surface area contributed by atoms with Crippen LogP contribution in [0.1, 0.15) is 1.43 Å². The molecular formula is H7F6Sb+. The van der Waals surface area contributed by atoms with Crippen molar-refractivity contribution < 1.29 is 29.7 Å². The van der Waals surface area contributed by atoms with Crippen LogP contribution in [0.3, 0.4) is 0 Å². The third kappa shape index (κ3) is 781. The zero-order valence-corrected chi connectivity index (χ0v) is 5.45. The topological polar surface area (TPSA) is 0 Å². The molecule has 0 aliphatic heterocycles. The van der Waals surface area contributed by atoms with Crippen LogP contribution in [-0.4, -0.2) is 24.4 Å². The molecule has 0 saturated heterocycles. The molecular weight excluding hydrogens is 236 g/mol. The van der Waals surface area contributed by atoms with Gasteiger partial charge in [0.1, 0.15) is 0 Å². The van der Waals surface area contributed by atoms with Gasteiger partial charge in [-0.15, -0.1) is 0 Å². The van der Waals surface area contributed by atoms with Crippen molar-refractivity contribution in [3.8, 4) is 0 Å². The van der Waals surface area contributed by atoms with Gasteiger partial charge < -0.3 is 0 Å². The largest absolute Gasteiger partial charge is 1.00 e. The quantitative estimate of drug-likeness (QED) is 0.433. The van der Waals surface area contributed by atoms with E-state index in [-0.39, 0.29) is 54.1 Å². The number of hydrogen-bond acceptors (Lipinski definition) is 0. The van der Waals surface area contributed by atoms with Gasteiger partial charge in [0.05, 0.1) is 0 Å². The van der Waals surface area contributed by atoms with Gasteiger partial charge in [-0.2, -0.15) is 0 Å². The van der Waals surface area contributed by atoms with Gasteiger partial charge in [0.25, 0.3) is 0 Å². The van der Waals surface area contributed by atoms with Crippen LogP contribution in [0.2, 0.25) is 0 Å². The molecule has 0 spiro atoms. The van der Waals surface area contributed by atoms with Crippen molar-refractivity contribution >= 4 is 24.4 Å². The van der Waals surface area contributed by atoms with Gasteiger partial charge in [-0.3, -0.25) is 28.2 Å². The summed E-state index contributed by atoms with van der Waals surface area (Å²) in [5.41, 5.74) is 0. The van der Waals surface area contributed by atoms with Crippen molar-refractivity contribution in [2.75, 3.05) is 0 Å². The average Bonchev–Trinajstić information content (AvgIpc) is 0. The van der Waals surface area contributed by atoms with Gasteiger partial charge in [0.2, 0.25) is 0 Å². The van der Waals surface area contributed by atoms with E-state index in [4.69, 9.17) is 0 Å². The van der Waals surface area contributed by atoms with Crippen molar-refractivity contribution in [1.82, 2.24) is 0 Å². The molecule has 0 aliphatic rings. The number of hydrogen-bond donors (Lipinski definition) is 0. The maximum Gasteiger partial charge on any atom is 1.00 e. The zero-order chi connectivity index (χ0) is 0. The van der Waals surface area contributed by atoms with Gasteiger partial charge in [0, 0.05) is 24.4 Å². The first-order valence-corrected chi connectivity index (χ1v) is 0. The van der Waals surface area contributed by atoms with E-state index in [0.717, 1.165) is 0 Å². The number of rotatable bonds is 0. The molecule has 0 amide bonds. The van der Waals surface area contributed by atoms with Crippen molar-refractivity contribution in [2.45, 2.75) is 0 Å². The molecule has 0 aliphatic carbocycles. The van der Waals surface area contributed by atoms with E-state index in [9.17, 15) is 0 Å². The Bertz CT molecular complexity index is 8.49. The van der Waals surface area contributed by atoms with E-state index in [0.29, 0.717) is 0 Å². The molecule has 0 aromatic carbocycles. The Balaban J connectivity index is 0. The summed E-state index contributed by atoms with van der Waals surface area (Å²) in [6.45, 7) is 0. The summed E-state index contributed by atoms with van der Waals surface area (Å²) >= 11 is 0. The van der Waals surface area contributed by atoms with Crippen molar-refractivity contribution in [2.24, 2.45) is 0 Å². The monoisotopic (exact) mass is 243 g/mol. The molecule has 7 heteroatoms. The maximum absolute atomic E-state index is 0. The molecule has 0 atom stereocenters.